The number of hydrogen-bond donors (Lipinski definition) is 1. The molecule has 1 aromatic carbocycles. The van der Waals surface area contributed by atoms with Gasteiger partial charge in [0.05, 0.1) is 25.2 Å². The van der Waals surface area contributed by atoms with Gasteiger partial charge in [0.15, 0.2) is 0 Å². The summed E-state index contributed by atoms with van der Waals surface area (Å²) in [5, 5.41) is 8.32. The van der Waals surface area contributed by atoms with E-state index < -0.39 is 5.97 Å². The minimum atomic E-state index is -0.441. The van der Waals surface area contributed by atoms with Crippen LogP contribution in [0.4, 0.5) is 5.69 Å². The van der Waals surface area contributed by atoms with E-state index >= 15 is 0 Å². The van der Waals surface area contributed by atoms with Crippen molar-refractivity contribution in [1.82, 2.24) is 0 Å². The molecule has 0 fully saturated rings. The molecule has 0 aliphatic rings. The Bertz CT molecular complexity index is 504. The second-order valence-corrected chi connectivity index (χ2v) is 2.93. The Morgan fingerprint density at radius 2 is 2.31 bits per heavy atom. The molecule has 0 aromatic heterocycles. The lowest BCUT2D eigenvalue weighted by atomic mass is 10.1. The Hall–Kier alpha value is -2.46. The second-order valence-electron chi connectivity index (χ2n) is 2.93. The van der Waals surface area contributed by atoms with Crippen LogP contribution in [0.15, 0.2) is 18.2 Å². The number of anilines is 1. The highest BCUT2D eigenvalue weighted by Gasteiger charge is 2.06. The summed E-state index contributed by atoms with van der Waals surface area (Å²) in [5.74, 6) is 4.95. The number of ether oxygens (including phenoxy) is 1. The molecule has 80 valence electrons. The number of carbonyl (C=O) groups excluding carboxylic acids is 1. The molecule has 0 saturated carbocycles. The number of hydrogen-bond acceptors (Lipinski definition) is 4. The number of rotatable bonds is 1. The molecule has 0 amide bonds. The fraction of sp³-hybridized carbons (Fsp3) is 0.167. The van der Waals surface area contributed by atoms with Gasteiger partial charge in [0.1, 0.15) is 0 Å². The fourth-order valence-corrected chi connectivity index (χ4v) is 1.10. The number of nitrogens with zero attached hydrogens (tertiary/aromatic N) is 1. The van der Waals surface area contributed by atoms with Crippen LogP contribution in [0.5, 0.6) is 0 Å². The average molecular weight is 214 g/mol. The van der Waals surface area contributed by atoms with E-state index in [-0.39, 0.29) is 6.42 Å². The molecule has 0 aliphatic heterocycles. The molecular formula is C12H10N2O2. The Morgan fingerprint density at radius 1 is 1.56 bits per heavy atom. The monoisotopic (exact) mass is 214 g/mol. The van der Waals surface area contributed by atoms with Crippen molar-refractivity contribution in [2.75, 3.05) is 12.8 Å². The zero-order valence-corrected chi connectivity index (χ0v) is 8.78. The van der Waals surface area contributed by atoms with Crippen molar-refractivity contribution >= 4 is 11.7 Å². The van der Waals surface area contributed by atoms with E-state index in [2.05, 4.69) is 16.6 Å². The van der Waals surface area contributed by atoms with Gasteiger partial charge in [-0.2, -0.15) is 5.26 Å². The van der Waals surface area contributed by atoms with E-state index in [1.54, 1.807) is 12.1 Å². The molecule has 4 heteroatoms. The number of nitrogens with two attached hydrogens (primary N) is 1. The molecular weight excluding hydrogens is 204 g/mol. The SMILES string of the molecule is COC(=O)c1ccc(C#CCC#N)c(N)c1. The van der Waals surface area contributed by atoms with Crippen LogP contribution < -0.4 is 5.73 Å². The number of carbonyl (C=O) groups is 1. The van der Waals surface area contributed by atoms with Crippen LogP contribution in [-0.2, 0) is 4.74 Å². The van der Waals surface area contributed by atoms with Gasteiger partial charge in [-0.25, -0.2) is 4.79 Å². The maximum atomic E-state index is 11.2. The van der Waals surface area contributed by atoms with Crippen LogP contribution in [0.25, 0.3) is 0 Å². The third-order valence-corrected chi connectivity index (χ3v) is 1.86. The van der Waals surface area contributed by atoms with Crippen LogP contribution in [0.3, 0.4) is 0 Å². The molecule has 1 rings (SSSR count). The van der Waals surface area contributed by atoms with Crippen LogP contribution >= 0.6 is 0 Å². The van der Waals surface area contributed by atoms with Crippen molar-refractivity contribution in [3.63, 3.8) is 0 Å². The number of nitriles is 1. The predicted octanol–water partition coefficient (Wildman–Crippen LogP) is 1.32. The van der Waals surface area contributed by atoms with Crippen LogP contribution in [0.2, 0.25) is 0 Å². The molecule has 0 unspecified atom stereocenters. The predicted molar refractivity (Wildman–Crippen MR) is 59.3 cm³/mol. The summed E-state index contributed by atoms with van der Waals surface area (Å²) in [7, 11) is 1.30. The lowest BCUT2D eigenvalue weighted by Crippen LogP contribution is -2.02. The normalized spacial score (nSPS) is 8.50. The van der Waals surface area contributed by atoms with Crippen molar-refractivity contribution in [2.24, 2.45) is 0 Å². The van der Waals surface area contributed by atoms with Gasteiger partial charge >= 0.3 is 5.97 Å². The topological polar surface area (TPSA) is 76.1 Å². The van der Waals surface area contributed by atoms with Crippen molar-refractivity contribution < 1.29 is 9.53 Å². The van der Waals surface area contributed by atoms with Gasteiger partial charge in [-0.3, -0.25) is 0 Å². The lowest BCUT2D eigenvalue weighted by Gasteiger charge is -2.02. The highest BCUT2D eigenvalue weighted by Crippen LogP contribution is 2.13. The van der Waals surface area contributed by atoms with E-state index in [1.165, 1.54) is 13.2 Å². The van der Waals surface area contributed by atoms with Gasteiger partial charge < -0.3 is 10.5 Å². The Morgan fingerprint density at radius 3 is 2.88 bits per heavy atom. The van der Waals surface area contributed by atoms with Crippen molar-refractivity contribution in [3.8, 4) is 17.9 Å². The van der Waals surface area contributed by atoms with Gasteiger partial charge in [0.25, 0.3) is 0 Å². The average Bonchev–Trinajstić information content (AvgIpc) is 2.30. The zero-order chi connectivity index (χ0) is 12.0. The van der Waals surface area contributed by atoms with Gasteiger partial charge in [-0.15, -0.1) is 0 Å². The summed E-state index contributed by atoms with van der Waals surface area (Å²) in [4.78, 5) is 11.2. The molecule has 1 aromatic rings. The summed E-state index contributed by atoms with van der Waals surface area (Å²) in [6.07, 6.45) is 0.151. The molecule has 0 aliphatic carbocycles. The summed E-state index contributed by atoms with van der Waals surface area (Å²) in [5.41, 5.74) is 7.08. The minimum Gasteiger partial charge on any atom is -0.465 e. The van der Waals surface area contributed by atoms with Crippen molar-refractivity contribution in [3.05, 3.63) is 29.3 Å². The van der Waals surface area contributed by atoms with Gasteiger partial charge in [0.2, 0.25) is 0 Å². The lowest BCUT2D eigenvalue weighted by molar-refractivity contribution is 0.0601. The highest BCUT2D eigenvalue weighted by molar-refractivity contribution is 5.90. The number of nitrogen functional groups attached to an aromatic ring is 1. The van der Waals surface area contributed by atoms with Gasteiger partial charge in [-0.05, 0) is 18.2 Å². The third kappa shape index (κ3) is 2.76. The summed E-state index contributed by atoms with van der Waals surface area (Å²) < 4.78 is 4.56. The quantitative estimate of drug-likeness (QED) is 0.434. The fourth-order valence-electron chi connectivity index (χ4n) is 1.10. The molecule has 4 nitrogen and oxygen atoms in total. The molecule has 16 heavy (non-hydrogen) atoms. The number of esters is 1. The summed E-state index contributed by atoms with van der Waals surface area (Å²) in [6.45, 7) is 0. The highest BCUT2D eigenvalue weighted by atomic mass is 16.5. The van der Waals surface area contributed by atoms with E-state index in [9.17, 15) is 4.79 Å². The van der Waals surface area contributed by atoms with Crippen LogP contribution in [0.1, 0.15) is 22.3 Å². The summed E-state index contributed by atoms with van der Waals surface area (Å²) in [6, 6.07) is 6.62. The first kappa shape index (κ1) is 11.6. The van der Waals surface area contributed by atoms with Crippen molar-refractivity contribution in [1.29, 1.82) is 5.26 Å². The third-order valence-electron chi connectivity index (χ3n) is 1.86. The Labute approximate surface area is 93.6 Å². The zero-order valence-electron chi connectivity index (χ0n) is 8.78. The summed E-state index contributed by atoms with van der Waals surface area (Å²) >= 11 is 0. The van der Waals surface area contributed by atoms with Crippen LogP contribution in [0, 0.1) is 23.2 Å². The van der Waals surface area contributed by atoms with Crippen LogP contribution in [-0.4, -0.2) is 13.1 Å². The first-order chi connectivity index (χ1) is 7.69. The number of methoxy groups -OCH3 is 1. The standard InChI is InChI=1S/C12H10N2O2/c1-16-12(15)10-6-5-9(11(14)8-10)4-2-3-7-13/h5-6,8H,3,14H2,1H3. The van der Waals surface area contributed by atoms with Gasteiger partial charge in [0, 0.05) is 11.3 Å². The van der Waals surface area contributed by atoms with E-state index in [0.29, 0.717) is 16.8 Å². The molecule has 2 N–H and O–H groups in total. The number of benzene rings is 1. The van der Waals surface area contributed by atoms with Gasteiger partial charge in [-0.1, -0.05) is 11.8 Å². The molecule has 0 radical (unpaired) electrons. The molecule has 0 atom stereocenters. The maximum absolute atomic E-state index is 11.2. The van der Waals surface area contributed by atoms with E-state index in [0.717, 1.165) is 0 Å². The Balaban J connectivity index is 2.98. The molecule has 0 bridgehead atoms. The van der Waals surface area contributed by atoms with E-state index in [1.807, 2.05) is 6.07 Å². The molecule has 0 spiro atoms. The molecule has 0 heterocycles. The minimum absolute atomic E-state index is 0.151. The first-order valence-corrected chi connectivity index (χ1v) is 4.52. The smallest absolute Gasteiger partial charge is 0.337 e. The first-order valence-electron chi connectivity index (χ1n) is 4.52. The largest absolute Gasteiger partial charge is 0.465 e. The molecule has 0 saturated heterocycles. The maximum Gasteiger partial charge on any atom is 0.337 e. The second kappa shape index (κ2) is 5.43. The van der Waals surface area contributed by atoms with E-state index in [4.69, 9.17) is 11.0 Å². The Kier molecular flexibility index (Phi) is 3.94. The van der Waals surface area contributed by atoms with Crippen molar-refractivity contribution in [2.45, 2.75) is 6.42 Å².